The van der Waals surface area contributed by atoms with Crippen molar-refractivity contribution in [1.29, 1.82) is 0 Å². The molecule has 2 aliphatic rings. The Morgan fingerprint density at radius 3 is 2.00 bits per heavy atom. The third-order valence-electron chi connectivity index (χ3n) is 7.72. The van der Waals surface area contributed by atoms with Crippen molar-refractivity contribution in [3.63, 3.8) is 0 Å². The van der Waals surface area contributed by atoms with Crippen LogP contribution in [0.25, 0.3) is 0 Å². The van der Waals surface area contributed by atoms with Crippen molar-refractivity contribution in [1.82, 2.24) is 14.9 Å². The Hall–Kier alpha value is -4.02. The van der Waals surface area contributed by atoms with E-state index in [0.29, 0.717) is 52.3 Å². The summed E-state index contributed by atoms with van der Waals surface area (Å²) in [5.41, 5.74) is 10.6. The van der Waals surface area contributed by atoms with Crippen molar-refractivity contribution in [2.24, 2.45) is 5.92 Å². The molecule has 0 aliphatic carbocycles. The molecule has 9 heteroatoms. The van der Waals surface area contributed by atoms with Crippen LogP contribution < -0.4 is 15.5 Å². The van der Waals surface area contributed by atoms with Gasteiger partial charge in [-0.3, -0.25) is 4.90 Å². The van der Waals surface area contributed by atoms with E-state index in [1.807, 2.05) is 54.6 Å². The molecule has 1 fully saturated rings. The van der Waals surface area contributed by atoms with Gasteiger partial charge in [-0.1, -0.05) is 91.0 Å². The van der Waals surface area contributed by atoms with Crippen LogP contribution in [-0.4, -0.2) is 60.7 Å². The molecule has 9 nitrogen and oxygen atoms in total. The summed E-state index contributed by atoms with van der Waals surface area (Å²) in [6.07, 6.45) is 1.59. The predicted octanol–water partition coefficient (Wildman–Crippen LogP) is 4.51. The number of aromatic nitrogens is 2. The molecule has 2 aliphatic heterocycles. The van der Waals surface area contributed by atoms with Gasteiger partial charge in [-0.25, -0.2) is 9.97 Å². The first-order chi connectivity index (χ1) is 20.7. The summed E-state index contributed by atoms with van der Waals surface area (Å²) in [4.78, 5) is 15.6. The molecule has 218 valence electrons. The number of fused-ring (bicyclic) bond motifs is 1. The molecule has 3 heterocycles. The van der Waals surface area contributed by atoms with Crippen molar-refractivity contribution in [2.45, 2.75) is 25.9 Å². The number of likely N-dealkylation sites (tertiary alicyclic amines) is 1. The van der Waals surface area contributed by atoms with Crippen LogP contribution in [0, 0.1) is 5.92 Å². The number of benzene rings is 3. The number of ether oxygens (including phenoxy) is 3. The van der Waals surface area contributed by atoms with Crippen molar-refractivity contribution < 1.29 is 14.2 Å². The van der Waals surface area contributed by atoms with Gasteiger partial charge in [-0.05, 0) is 16.7 Å². The van der Waals surface area contributed by atoms with E-state index in [9.17, 15) is 0 Å². The smallest absolute Gasteiger partial charge is 0.160 e. The van der Waals surface area contributed by atoms with Gasteiger partial charge in [0, 0.05) is 19.0 Å². The maximum Gasteiger partial charge on any atom is 0.160 e. The normalized spacial score (nSPS) is 18.5. The van der Waals surface area contributed by atoms with Gasteiger partial charge in [-0.2, -0.15) is 0 Å². The fraction of sp³-hybridized carbons (Fsp3) is 0.333. The summed E-state index contributed by atoms with van der Waals surface area (Å²) < 4.78 is 18.7. The highest BCUT2D eigenvalue weighted by Crippen LogP contribution is 2.38. The zero-order valence-corrected chi connectivity index (χ0v) is 23.8. The van der Waals surface area contributed by atoms with Crippen molar-refractivity contribution in [2.75, 3.05) is 55.3 Å². The van der Waals surface area contributed by atoms with Gasteiger partial charge in [0.15, 0.2) is 11.6 Å². The summed E-state index contributed by atoms with van der Waals surface area (Å²) >= 11 is 0. The van der Waals surface area contributed by atoms with E-state index in [4.69, 9.17) is 19.9 Å². The maximum atomic E-state index is 6.49. The second kappa shape index (κ2) is 13.8. The third kappa shape index (κ3) is 7.06. The molecule has 1 saturated heterocycles. The zero-order chi connectivity index (χ0) is 28.6. The predicted molar refractivity (Wildman–Crippen MR) is 163 cm³/mol. The highest BCUT2D eigenvalue weighted by molar-refractivity contribution is 5.81. The zero-order valence-electron chi connectivity index (χ0n) is 23.8. The van der Waals surface area contributed by atoms with E-state index in [-0.39, 0.29) is 12.0 Å². The van der Waals surface area contributed by atoms with Crippen LogP contribution in [0.2, 0.25) is 0 Å². The molecular formula is C33H38N6O3. The Balaban J connectivity index is 1.09. The van der Waals surface area contributed by atoms with Crippen LogP contribution in [-0.2, 0) is 34.0 Å². The molecule has 1 aromatic heterocycles. The van der Waals surface area contributed by atoms with Crippen molar-refractivity contribution in [3.8, 4) is 0 Å². The van der Waals surface area contributed by atoms with Gasteiger partial charge in [0.1, 0.15) is 18.7 Å². The second-order valence-corrected chi connectivity index (χ2v) is 10.9. The number of nitrogens with zero attached hydrogens (tertiary/aromatic N) is 5. The first-order valence-corrected chi connectivity index (χ1v) is 14.4. The lowest BCUT2D eigenvalue weighted by atomic mass is 10.1. The molecule has 2 N–H and O–H groups in total. The average molecular weight is 567 g/mol. The maximum absolute atomic E-state index is 6.49. The Labute approximate surface area is 247 Å². The fourth-order valence-corrected chi connectivity index (χ4v) is 5.64. The Morgan fingerprint density at radius 2 is 1.33 bits per heavy atom. The van der Waals surface area contributed by atoms with Crippen LogP contribution in [0.5, 0.6) is 0 Å². The van der Waals surface area contributed by atoms with E-state index < -0.39 is 0 Å². The van der Waals surface area contributed by atoms with Gasteiger partial charge in [0.2, 0.25) is 0 Å². The molecule has 3 aromatic carbocycles. The summed E-state index contributed by atoms with van der Waals surface area (Å²) in [6, 6.07) is 30.8. The molecule has 42 heavy (non-hydrogen) atoms. The molecule has 0 spiro atoms. The quantitative estimate of drug-likeness (QED) is 0.251. The molecule has 6 rings (SSSR count). The molecule has 0 unspecified atom stereocenters. The van der Waals surface area contributed by atoms with Crippen LogP contribution in [0.4, 0.5) is 17.3 Å². The number of hydrogen-bond donors (Lipinski definition) is 1. The Kier molecular flexibility index (Phi) is 9.21. The topological polar surface area (TPSA) is 89.2 Å². The van der Waals surface area contributed by atoms with Gasteiger partial charge >= 0.3 is 0 Å². The lowest BCUT2D eigenvalue weighted by Gasteiger charge is -2.26. The van der Waals surface area contributed by atoms with Gasteiger partial charge < -0.3 is 29.7 Å². The van der Waals surface area contributed by atoms with Gasteiger partial charge in [0.25, 0.3) is 0 Å². The molecule has 0 bridgehead atoms. The number of rotatable bonds is 13. The lowest BCUT2D eigenvalue weighted by Crippen LogP contribution is -2.40. The Morgan fingerprint density at radius 1 is 0.714 bits per heavy atom. The van der Waals surface area contributed by atoms with Crippen LogP contribution in [0.1, 0.15) is 16.7 Å². The minimum absolute atomic E-state index is 0.0591. The largest absolute Gasteiger partial charge is 0.382 e. The standard InChI is InChI=1S/C33H38N6O3/c34-32-31-33(36-22-35-32)38(24-39(31)25-41-19-27-12-6-2-7-13-27)23-37-16-29(21-40-18-26-10-4-1-5-11-26)30(17-37)42-20-28-14-8-3-9-15-28/h1-15,22,29-30H,16-21,23-25H2,(H2,34,35,36)/t29-,30+/m1/s1. The fourth-order valence-electron chi connectivity index (χ4n) is 5.64. The van der Waals surface area contributed by atoms with Crippen molar-refractivity contribution in [3.05, 3.63) is 114 Å². The van der Waals surface area contributed by atoms with E-state index in [1.165, 1.54) is 17.5 Å². The van der Waals surface area contributed by atoms with Crippen LogP contribution in [0.3, 0.4) is 0 Å². The van der Waals surface area contributed by atoms with Crippen LogP contribution in [0.15, 0.2) is 97.3 Å². The van der Waals surface area contributed by atoms with E-state index >= 15 is 0 Å². The number of anilines is 3. The summed E-state index contributed by atoms with van der Waals surface area (Å²) in [5, 5.41) is 0. The minimum Gasteiger partial charge on any atom is -0.382 e. The highest BCUT2D eigenvalue weighted by Gasteiger charge is 2.37. The van der Waals surface area contributed by atoms with E-state index in [0.717, 1.165) is 30.2 Å². The molecule has 0 saturated carbocycles. The molecule has 2 atom stereocenters. The average Bonchev–Trinajstić information content (AvgIpc) is 3.58. The number of nitrogen functional groups attached to an aromatic ring is 1. The van der Waals surface area contributed by atoms with Crippen LogP contribution >= 0.6 is 0 Å². The molecule has 4 aromatic rings. The second-order valence-electron chi connectivity index (χ2n) is 10.9. The number of hydrogen-bond acceptors (Lipinski definition) is 9. The lowest BCUT2D eigenvalue weighted by molar-refractivity contribution is -0.0106. The van der Waals surface area contributed by atoms with Gasteiger partial charge in [-0.15, -0.1) is 0 Å². The van der Waals surface area contributed by atoms with Crippen molar-refractivity contribution >= 4 is 17.3 Å². The highest BCUT2D eigenvalue weighted by atomic mass is 16.5. The first-order valence-electron chi connectivity index (χ1n) is 14.4. The Bertz CT molecular complexity index is 1400. The molecular weight excluding hydrogens is 528 g/mol. The van der Waals surface area contributed by atoms with E-state index in [1.54, 1.807) is 0 Å². The monoisotopic (exact) mass is 566 g/mol. The van der Waals surface area contributed by atoms with Gasteiger partial charge in [0.05, 0.1) is 45.9 Å². The minimum atomic E-state index is 0.0591. The number of nitrogens with two attached hydrogens (primary N) is 1. The summed E-state index contributed by atoms with van der Waals surface area (Å²) in [7, 11) is 0. The summed E-state index contributed by atoms with van der Waals surface area (Å²) in [6.45, 7) is 5.72. The molecule has 0 amide bonds. The summed E-state index contributed by atoms with van der Waals surface area (Å²) in [5.74, 6) is 1.54. The van der Waals surface area contributed by atoms with E-state index in [2.05, 4.69) is 61.1 Å². The first kappa shape index (κ1) is 28.1. The third-order valence-corrected chi connectivity index (χ3v) is 7.72. The SMILES string of the molecule is Nc1ncnc2c1N(COCc1ccccc1)CN2CN1C[C@H](COCc2ccccc2)[C@@H](OCc2ccccc2)C1. The molecule has 0 radical (unpaired) electrons.